The van der Waals surface area contributed by atoms with Crippen LogP contribution in [0.15, 0.2) is 35.3 Å². The lowest BCUT2D eigenvalue weighted by Gasteiger charge is -2.04. The van der Waals surface area contributed by atoms with E-state index >= 15 is 0 Å². The number of aromatic nitrogens is 1. The molecule has 0 fully saturated rings. The van der Waals surface area contributed by atoms with E-state index in [1.807, 2.05) is 6.92 Å². The molecule has 1 aromatic heterocycles. The third-order valence-electron chi connectivity index (χ3n) is 2.27. The molecule has 0 atom stereocenters. The highest BCUT2D eigenvalue weighted by Crippen LogP contribution is 2.28. The number of rotatable bonds is 1. The van der Waals surface area contributed by atoms with Crippen LogP contribution in [0.2, 0.25) is 10.0 Å². The molecule has 0 amide bonds. The van der Waals surface area contributed by atoms with Gasteiger partial charge < -0.3 is 4.98 Å². The molecule has 0 aliphatic heterocycles. The van der Waals surface area contributed by atoms with E-state index in [9.17, 15) is 4.79 Å². The largest absolute Gasteiger partial charge is 0.328 e. The van der Waals surface area contributed by atoms with Crippen molar-refractivity contribution in [2.75, 3.05) is 0 Å². The lowest BCUT2D eigenvalue weighted by Crippen LogP contribution is -2.08. The SMILES string of the molecule is Cc1c[nH]c(=O)c(-c2ccc(Cl)cc2Cl)c1. The van der Waals surface area contributed by atoms with Gasteiger partial charge in [-0.1, -0.05) is 29.3 Å². The first-order chi connectivity index (χ1) is 7.58. The zero-order chi connectivity index (χ0) is 11.7. The summed E-state index contributed by atoms with van der Waals surface area (Å²) in [5.74, 6) is 0. The molecular formula is C12H9Cl2NO. The van der Waals surface area contributed by atoms with Crippen molar-refractivity contribution in [2.24, 2.45) is 0 Å². The zero-order valence-electron chi connectivity index (χ0n) is 8.55. The number of pyridine rings is 1. The van der Waals surface area contributed by atoms with Crippen molar-refractivity contribution in [3.63, 3.8) is 0 Å². The fourth-order valence-electron chi connectivity index (χ4n) is 1.50. The van der Waals surface area contributed by atoms with Gasteiger partial charge in [0.2, 0.25) is 0 Å². The molecule has 0 aliphatic rings. The summed E-state index contributed by atoms with van der Waals surface area (Å²) in [5.41, 5.74) is 2.06. The van der Waals surface area contributed by atoms with Crippen molar-refractivity contribution in [3.8, 4) is 11.1 Å². The Morgan fingerprint density at radius 3 is 2.56 bits per heavy atom. The molecule has 2 aromatic rings. The summed E-state index contributed by atoms with van der Waals surface area (Å²) in [4.78, 5) is 14.3. The van der Waals surface area contributed by atoms with Gasteiger partial charge in [0.05, 0.1) is 5.02 Å². The molecule has 1 aromatic carbocycles. The van der Waals surface area contributed by atoms with E-state index in [2.05, 4.69) is 4.98 Å². The summed E-state index contributed by atoms with van der Waals surface area (Å²) >= 11 is 11.9. The van der Waals surface area contributed by atoms with Gasteiger partial charge in [-0.3, -0.25) is 4.79 Å². The molecule has 0 spiro atoms. The van der Waals surface area contributed by atoms with Crippen LogP contribution in [0.1, 0.15) is 5.56 Å². The van der Waals surface area contributed by atoms with E-state index in [-0.39, 0.29) is 5.56 Å². The van der Waals surface area contributed by atoms with Crippen molar-refractivity contribution in [1.82, 2.24) is 4.98 Å². The maximum absolute atomic E-state index is 11.7. The van der Waals surface area contributed by atoms with Gasteiger partial charge >= 0.3 is 0 Å². The van der Waals surface area contributed by atoms with Crippen LogP contribution in [-0.2, 0) is 0 Å². The van der Waals surface area contributed by atoms with E-state index in [1.54, 1.807) is 30.5 Å². The Morgan fingerprint density at radius 2 is 1.88 bits per heavy atom. The first kappa shape index (κ1) is 11.2. The maximum Gasteiger partial charge on any atom is 0.255 e. The van der Waals surface area contributed by atoms with Gasteiger partial charge in [-0.2, -0.15) is 0 Å². The summed E-state index contributed by atoms with van der Waals surface area (Å²) in [5, 5.41) is 1.03. The van der Waals surface area contributed by atoms with Crippen LogP contribution in [-0.4, -0.2) is 4.98 Å². The molecule has 0 saturated carbocycles. The van der Waals surface area contributed by atoms with Gasteiger partial charge in [-0.05, 0) is 30.7 Å². The van der Waals surface area contributed by atoms with Crippen molar-refractivity contribution in [2.45, 2.75) is 6.92 Å². The molecule has 1 N–H and O–H groups in total. The monoisotopic (exact) mass is 253 g/mol. The van der Waals surface area contributed by atoms with Gasteiger partial charge in [0.15, 0.2) is 0 Å². The molecule has 2 nitrogen and oxygen atoms in total. The van der Waals surface area contributed by atoms with E-state index in [0.29, 0.717) is 21.2 Å². The fraction of sp³-hybridized carbons (Fsp3) is 0.0833. The number of nitrogens with one attached hydrogen (secondary N) is 1. The molecule has 0 aliphatic carbocycles. The van der Waals surface area contributed by atoms with Gasteiger partial charge in [0.1, 0.15) is 0 Å². The Hall–Kier alpha value is -1.25. The minimum atomic E-state index is -0.158. The minimum absolute atomic E-state index is 0.158. The van der Waals surface area contributed by atoms with Gasteiger partial charge in [-0.25, -0.2) is 0 Å². The molecule has 0 saturated heterocycles. The van der Waals surface area contributed by atoms with Gasteiger partial charge in [0.25, 0.3) is 5.56 Å². The highest BCUT2D eigenvalue weighted by molar-refractivity contribution is 6.36. The average Bonchev–Trinajstić information content (AvgIpc) is 2.22. The van der Waals surface area contributed by atoms with Crippen LogP contribution >= 0.6 is 23.2 Å². The summed E-state index contributed by atoms with van der Waals surface area (Å²) in [6.45, 7) is 1.91. The normalized spacial score (nSPS) is 10.4. The van der Waals surface area contributed by atoms with E-state index < -0.39 is 0 Å². The molecule has 4 heteroatoms. The van der Waals surface area contributed by atoms with Crippen LogP contribution < -0.4 is 5.56 Å². The standard InChI is InChI=1S/C12H9Cl2NO/c1-7-4-10(12(16)15-6-7)9-3-2-8(13)5-11(9)14/h2-6H,1H3,(H,15,16). The number of aryl methyl sites for hydroxylation is 1. The summed E-state index contributed by atoms with van der Waals surface area (Å²) in [6, 6.07) is 6.88. The Morgan fingerprint density at radius 1 is 1.12 bits per heavy atom. The van der Waals surface area contributed by atoms with Crippen LogP contribution in [0.5, 0.6) is 0 Å². The Bertz CT molecular complexity index is 590. The third kappa shape index (κ3) is 2.13. The molecular weight excluding hydrogens is 245 g/mol. The molecule has 82 valence electrons. The predicted molar refractivity (Wildman–Crippen MR) is 67.3 cm³/mol. The smallest absolute Gasteiger partial charge is 0.255 e. The topological polar surface area (TPSA) is 32.9 Å². The fourth-order valence-corrected chi connectivity index (χ4v) is 2.01. The average molecular weight is 254 g/mol. The zero-order valence-corrected chi connectivity index (χ0v) is 10.1. The molecule has 0 radical (unpaired) electrons. The molecule has 1 heterocycles. The van der Waals surface area contributed by atoms with Crippen molar-refractivity contribution in [1.29, 1.82) is 0 Å². The van der Waals surface area contributed by atoms with E-state index in [0.717, 1.165) is 5.56 Å². The number of hydrogen-bond donors (Lipinski definition) is 1. The van der Waals surface area contributed by atoms with Crippen LogP contribution in [0, 0.1) is 6.92 Å². The molecule has 0 bridgehead atoms. The highest BCUT2D eigenvalue weighted by atomic mass is 35.5. The first-order valence-corrected chi connectivity index (χ1v) is 5.48. The number of halogens is 2. The number of aromatic amines is 1. The molecule has 16 heavy (non-hydrogen) atoms. The Balaban J connectivity index is 2.67. The molecule has 2 rings (SSSR count). The number of H-pyrrole nitrogens is 1. The lowest BCUT2D eigenvalue weighted by molar-refractivity contribution is 1.20. The number of hydrogen-bond acceptors (Lipinski definition) is 1. The van der Waals surface area contributed by atoms with Crippen LogP contribution in [0.3, 0.4) is 0 Å². The Labute approximate surface area is 103 Å². The maximum atomic E-state index is 11.7. The quantitative estimate of drug-likeness (QED) is 0.827. The van der Waals surface area contributed by atoms with Crippen molar-refractivity contribution < 1.29 is 0 Å². The Kier molecular flexibility index (Phi) is 3.03. The lowest BCUT2D eigenvalue weighted by atomic mass is 10.1. The second-order valence-electron chi connectivity index (χ2n) is 3.54. The summed E-state index contributed by atoms with van der Waals surface area (Å²) in [7, 11) is 0. The van der Waals surface area contributed by atoms with E-state index in [1.165, 1.54) is 0 Å². The minimum Gasteiger partial charge on any atom is -0.328 e. The van der Waals surface area contributed by atoms with Crippen molar-refractivity contribution >= 4 is 23.2 Å². The van der Waals surface area contributed by atoms with E-state index in [4.69, 9.17) is 23.2 Å². The van der Waals surface area contributed by atoms with Gasteiger partial charge in [0, 0.05) is 22.3 Å². The second kappa shape index (κ2) is 4.32. The van der Waals surface area contributed by atoms with Gasteiger partial charge in [-0.15, -0.1) is 0 Å². The van der Waals surface area contributed by atoms with Crippen molar-refractivity contribution in [3.05, 3.63) is 56.4 Å². The predicted octanol–water partition coefficient (Wildman–Crippen LogP) is 3.66. The first-order valence-electron chi connectivity index (χ1n) is 4.72. The number of benzene rings is 1. The third-order valence-corrected chi connectivity index (χ3v) is 2.82. The summed E-state index contributed by atoms with van der Waals surface area (Å²) in [6.07, 6.45) is 1.66. The second-order valence-corrected chi connectivity index (χ2v) is 4.39. The molecule has 0 unspecified atom stereocenters. The van der Waals surface area contributed by atoms with Crippen LogP contribution in [0.25, 0.3) is 11.1 Å². The summed E-state index contributed by atoms with van der Waals surface area (Å²) < 4.78 is 0. The van der Waals surface area contributed by atoms with Crippen LogP contribution in [0.4, 0.5) is 0 Å². The highest BCUT2D eigenvalue weighted by Gasteiger charge is 2.08.